The van der Waals surface area contributed by atoms with Crippen LogP contribution in [0.25, 0.3) is 0 Å². The highest BCUT2D eigenvalue weighted by Gasteiger charge is 2.15. The number of alkyl carbamates (subject to hydrolysis) is 1. The molecular formula is C16H20ClNO3. The highest BCUT2D eigenvalue weighted by atomic mass is 35.5. The van der Waals surface area contributed by atoms with E-state index >= 15 is 0 Å². The Morgan fingerprint density at radius 3 is 2.67 bits per heavy atom. The number of carbonyl (C=O) groups excluding carboxylic acids is 1. The van der Waals surface area contributed by atoms with Crippen LogP contribution >= 0.6 is 11.6 Å². The van der Waals surface area contributed by atoms with E-state index in [1.165, 1.54) is 0 Å². The van der Waals surface area contributed by atoms with Gasteiger partial charge in [0.25, 0.3) is 0 Å². The second-order valence-electron chi connectivity index (χ2n) is 5.33. The third-order valence-corrected chi connectivity index (χ3v) is 2.60. The molecule has 0 bridgehead atoms. The first-order valence-electron chi connectivity index (χ1n) is 6.61. The molecule has 1 rings (SSSR count). The summed E-state index contributed by atoms with van der Waals surface area (Å²) in [5, 5.41) is 3.17. The van der Waals surface area contributed by atoms with E-state index in [4.69, 9.17) is 21.1 Å². The average Bonchev–Trinajstić information content (AvgIpc) is 2.36. The third-order valence-electron chi connectivity index (χ3n) is 2.30. The maximum Gasteiger partial charge on any atom is 0.407 e. The first kappa shape index (κ1) is 17.2. The van der Waals surface area contributed by atoms with Crippen LogP contribution in [-0.4, -0.2) is 25.3 Å². The van der Waals surface area contributed by atoms with Crippen LogP contribution in [0, 0.1) is 11.8 Å². The average molecular weight is 310 g/mol. The molecule has 5 heteroatoms. The fraction of sp³-hybridized carbons (Fsp3) is 0.438. The number of rotatable bonds is 3. The lowest BCUT2D eigenvalue weighted by Gasteiger charge is -2.19. The van der Waals surface area contributed by atoms with E-state index in [2.05, 4.69) is 17.2 Å². The molecule has 0 spiro atoms. The summed E-state index contributed by atoms with van der Waals surface area (Å²) in [4.78, 5) is 11.4. The molecule has 0 radical (unpaired) electrons. The van der Waals surface area contributed by atoms with Crippen LogP contribution < -0.4 is 10.1 Å². The summed E-state index contributed by atoms with van der Waals surface area (Å²) in [6.07, 6.45) is 0.0971. The number of amides is 1. The van der Waals surface area contributed by atoms with Gasteiger partial charge < -0.3 is 14.8 Å². The van der Waals surface area contributed by atoms with E-state index in [0.29, 0.717) is 23.7 Å². The van der Waals surface area contributed by atoms with Crippen LogP contribution in [0.4, 0.5) is 4.79 Å². The highest BCUT2D eigenvalue weighted by molar-refractivity contribution is 6.32. The minimum absolute atomic E-state index is 0.434. The van der Waals surface area contributed by atoms with Crippen molar-refractivity contribution in [1.29, 1.82) is 0 Å². The van der Waals surface area contributed by atoms with Gasteiger partial charge in [-0.05, 0) is 39.0 Å². The fourth-order valence-electron chi connectivity index (χ4n) is 1.45. The van der Waals surface area contributed by atoms with Gasteiger partial charge >= 0.3 is 6.09 Å². The molecule has 1 aromatic carbocycles. The fourth-order valence-corrected chi connectivity index (χ4v) is 1.71. The molecule has 0 unspecified atom stereocenters. The Labute approximate surface area is 130 Å². The van der Waals surface area contributed by atoms with E-state index in [1.807, 2.05) is 26.8 Å². The maximum atomic E-state index is 11.4. The Morgan fingerprint density at radius 2 is 2.10 bits per heavy atom. The van der Waals surface area contributed by atoms with Gasteiger partial charge in [-0.1, -0.05) is 23.4 Å². The van der Waals surface area contributed by atoms with E-state index in [1.54, 1.807) is 19.2 Å². The standard InChI is InChI=1S/C16H20ClNO3/c1-16(2,3)21-15(19)18-10-6-5-7-12-8-9-14(20-4)13(17)11-12/h8-9,11H,6,10H2,1-4H3,(H,18,19). The first-order chi connectivity index (χ1) is 9.81. The van der Waals surface area contributed by atoms with Gasteiger partial charge in [0, 0.05) is 18.5 Å². The van der Waals surface area contributed by atoms with Crippen molar-refractivity contribution in [2.45, 2.75) is 32.8 Å². The van der Waals surface area contributed by atoms with Crippen LogP contribution in [0.15, 0.2) is 18.2 Å². The van der Waals surface area contributed by atoms with E-state index in [-0.39, 0.29) is 0 Å². The van der Waals surface area contributed by atoms with Gasteiger partial charge in [-0.3, -0.25) is 0 Å². The van der Waals surface area contributed by atoms with Gasteiger partial charge in [-0.2, -0.15) is 0 Å². The molecule has 0 saturated heterocycles. The Kier molecular flexibility index (Phi) is 6.39. The molecule has 4 nitrogen and oxygen atoms in total. The molecule has 1 N–H and O–H groups in total. The van der Waals surface area contributed by atoms with Gasteiger partial charge in [-0.25, -0.2) is 4.79 Å². The predicted octanol–water partition coefficient (Wildman–Crippen LogP) is 3.61. The summed E-state index contributed by atoms with van der Waals surface area (Å²) < 4.78 is 10.2. The highest BCUT2D eigenvalue weighted by Crippen LogP contribution is 2.24. The van der Waals surface area contributed by atoms with Gasteiger partial charge in [-0.15, -0.1) is 0 Å². The number of carbonyl (C=O) groups is 1. The molecule has 0 aliphatic rings. The van der Waals surface area contributed by atoms with E-state index < -0.39 is 11.7 Å². The number of ether oxygens (including phenoxy) is 2. The second kappa shape index (κ2) is 7.80. The van der Waals surface area contributed by atoms with Crippen molar-refractivity contribution in [2.24, 2.45) is 0 Å². The summed E-state index contributed by atoms with van der Waals surface area (Å²) >= 11 is 6.01. The summed E-state index contributed by atoms with van der Waals surface area (Å²) in [7, 11) is 1.56. The number of hydrogen-bond donors (Lipinski definition) is 1. The molecule has 21 heavy (non-hydrogen) atoms. The number of hydrogen-bond acceptors (Lipinski definition) is 3. The van der Waals surface area contributed by atoms with Crippen molar-refractivity contribution in [3.05, 3.63) is 28.8 Å². The second-order valence-corrected chi connectivity index (χ2v) is 5.74. The SMILES string of the molecule is COc1ccc(C#CCCNC(=O)OC(C)(C)C)cc1Cl. The predicted molar refractivity (Wildman–Crippen MR) is 83.7 cm³/mol. The van der Waals surface area contributed by atoms with Gasteiger partial charge in [0.2, 0.25) is 0 Å². The molecule has 0 aromatic heterocycles. The topological polar surface area (TPSA) is 47.6 Å². The minimum atomic E-state index is -0.490. The van der Waals surface area contributed by atoms with Crippen LogP contribution in [0.3, 0.4) is 0 Å². The van der Waals surface area contributed by atoms with Crippen molar-refractivity contribution in [3.8, 4) is 17.6 Å². The quantitative estimate of drug-likeness (QED) is 0.685. The Balaban J connectivity index is 2.40. The Morgan fingerprint density at radius 1 is 1.38 bits per heavy atom. The molecule has 0 fully saturated rings. The van der Waals surface area contributed by atoms with Gasteiger partial charge in [0.15, 0.2) is 0 Å². The molecule has 0 aliphatic carbocycles. The van der Waals surface area contributed by atoms with Crippen molar-refractivity contribution >= 4 is 17.7 Å². The van der Waals surface area contributed by atoms with Crippen molar-refractivity contribution in [3.63, 3.8) is 0 Å². The van der Waals surface area contributed by atoms with Crippen molar-refractivity contribution in [2.75, 3.05) is 13.7 Å². The van der Waals surface area contributed by atoms with Crippen molar-refractivity contribution in [1.82, 2.24) is 5.32 Å². The number of methoxy groups -OCH3 is 1. The Hall–Kier alpha value is -1.86. The Bertz CT molecular complexity index is 553. The molecule has 0 heterocycles. The molecular weight excluding hydrogens is 290 g/mol. The smallest absolute Gasteiger partial charge is 0.407 e. The van der Waals surface area contributed by atoms with E-state index in [9.17, 15) is 4.79 Å². The van der Waals surface area contributed by atoms with Gasteiger partial charge in [0.1, 0.15) is 11.4 Å². The van der Waals surface area contributed by atoms with Crippen LogP contribution in [-0.2, 0) is 4.74 Å². The summed E-state index contributed by atoms with van der Waals surface area (Å²) in [5.74, 6) is 6.56. The van der Waals surface area contributed by atoms with Crippen LogP contribution in [0.1, 0.15) is 32.8 Å². The van der Waals surface area contributed by atoms with E-state index in [0.717, 1.165) is 5.56 Å². The molecule has 1 amide bonds. The lowest BCUT2D eigenvalue weighted by atomic mass is 10.2. The maximum absolute atomic E-state index is 11.4. The molecule has 0 saturated carbocycles. The third kappa shape index (κ3) is 6.92. The molecule has 1 aromatic rings. The zero-order chi connectivity index (χ0) is 15.9. The number of nitrogens with one attached hydrogen (secondary N) is 1. The molecule has 0 atom stereocenters. The number of benzene rings is 1. The lowest BCUT2D eigenvalue weighted by Crippen LogP contribution is -2.32. The summed E-state index contributed by atoms with van der Waals surface area (Å²) in [6.45, 7) is 5.89. The largest absolute Gasteiger partial charge is 0.495 e. The zero-order valence-corrected chi connectivity index (χ0v) is 13.5. The zero-order valence-electron chi connectivity index (χ0n) is 12.7. The first-order valence-corrected chi connectivity index (χ1v) is 6.99. The molecule has 0 aliphatic heterocycles. The van der Waals surface area contributed by atoms with Crippen molar-refractivity contribution < 1.29 is 14.3 Å². The van der Waals surface area contributed by atoms with Crippen LogP contribution in [0.2, 0.25) is 5.02 Å². The van der Waals surface area contributed by atoms with Gasteiger partial charge in [0.05, 0.1) is 12.1 Å². The minimum Gasteiger partial charge on any atom is -0.495 e. The van der Waals surface area contributed by atoms with Crippen LogP contribution in [0.5, 0.6) is 5.75 Å². The molecule has 114 valence electrons. The summed E-state index contributed by atoms with van der Waals surface area (Å²) in [6, 6.07) is 5.35. The summed E-state index contributed by atoms with van der Waals surface area (Å²) in [5.41, 5.74) is 0.313. The lowest BCUT2D eigenvalue weighted by molar-refractivity contribution is 0.0529. The monoisotopic (exact) mass is 309 g/mol. The number of halogens is 1. The normalized spacial score (nSPS) is 10.3.